The first-order chi connectivity index (χ1) is 15.3. The minimum atomic E-state index is -0.628. The Morgan fingerprint density at radius 1 is 1.38 bits per heavy atom. The van der Waals surface area contributed by atoms with Crippen LogP contribution in [0, 0.1) is 12.4 Å². The van der Waals surface area contributed by atoms with Gasteiger partial charge in [0.15, 0.2) is 0 Å². The molecule has 168 valence electrons. The molecule has 2 aliphatic rings. The molecule has 1 aromatic heterocycles. The van der Waals surface area contributed by atoms with Crippen LogP contribution in [0.5, 0.6) is 0 Å². The molecule has 0 bridgehead atoms. The number of halogens is 1. The summed E-state index contributed by atoms with van der Waals surface area (Å²) in [6.07, 6.45) is 1.47. The summed E-state index contributed by atoms with van der Waals surface area (Å²) in [5, 5.41) is 11.1. The maximum atomic E-state index is 13.6. The fraction of sp³-hybridized carbons (Fsp3) is 0.455. The number of benzene rings is 1. The molecule has 4 rings (SSSR count). The molecule has 2 aromatic rings. The largest absolute Gasteiger partial charge is 0.322 e. The average Bonchev–Trinajstić information content (AvgIpc) is 3.07. The Morgan fingerprint density at radius 3 is 2.88 bits per heavy atom. The molecule has 0 saturated heterocycles. The normalized spacial score (nSPS) is 18.6. The van der Waals surface area contributed by atoms with Gasteiger partial charge in [0.25, 0.3) is 5.91 Å². The van der Waals surface area contributed by atoms with E-state index in [-0.39, 0.29) is 30.2 Å². The molecule has 0 spiro atoms. The molecule has 0 aliphatic carbocycles. The average molecular weight is 439 g/mol. The Morgan fingerprint density at radius 2 is 2.16 bits per heavy atom. The summed E-state index contributed by atoms with van der Waals surface area (Å²) in [6.45, 7) is 13.4. The van der Waals surface area contributed by atoms with Gasteiger partial charge in [0.05, 0.1) is 25.4 Å². The number of fused-ring (bicyclic) bond motifs is 3. The molecule has 0 saturated carbocycles. The van der Waals surface area contributed by atoms with Gasteiger partial charge in [-0.3, -0.25) is 14.5 Å². The van der Waals surface area contributed by atoms with Gasteiger partial charge in [-0.15, -0.1) is 0 Å². The summed E-state index contributed by atoms with van der Waals surface area (Å²) in [5.41, 5.74) is 2.35. The molecule has 2 aliphatic heterocycles. The van der Waals surface area contributed by atoms with Gasteiger partial charge < -0.3 is 10.2 Å². The Labute approximate surface area is 186 Å². The van der Waals surface area contributed by atoms with E-state index in [0.29, 0.717) is 30.9 Å². The summed E-state index contributed by atoms with van der Waals surface area (Å²) in [5.74, 6) is -0.754. The van der Waals surface area contributed by atoms with Gasteiger partial charge in [0, 0.05) is 43.9 Å². The van der Waals surface area contributed by atoms with E-state index in [1.807, 2.05) is 11.9 Å². The molecular weight excluding hydrogens is 413 g/mol. The van der Waals surface area contributed by atoms with E-state index >= 15 is 0 Å². The number of nitrogens with zero attached hydrogens (tertiary/aromatic N) is 6. The summed E-state index contributed by atoms with van der Waals surface area (Å²) < 4.78 is 15.4. The topological polar surface area (TPSA) is 78.1 Å². The van der Waals surface area contributed by atoms with Crippen LogP contribution in [0.15, 0.2) is 18.2 Å². The molecule has 10 heteroatoms. The van der Waals surface area contributed by atoms with E-state index in [4.69, 9.17) is 11.7 Å². The van der Waals surface area contributed by atoms with Crippen LogP contribution >= 0.6 is 0 Å². The monoisotopic (exact) mass is 439 g/mol. The number of amides is 3. The van der Waals surface area contributed by atoms with Crippen LogP contribution in [-0.2, 0) is 19.5 Å². The number of anilines is 1. The number of carbonyl (C=O) groups is 2. The summed E-state index contributed by atoms with van der Waals surface area (Å²) in [6, 6.07) is 3.40. The molecule has 9 nitrogen and oxygen atoms in total. The van der Waals surface area contributed by atoms with Crippen molar-refractivity contribution in [3.05, 3.63) is 52.4 Å². The minimum Gasteiger partial charge on any atom is -0.317 e. The quantitative estimate of drug-likeness (QED) is 0.745. The number of hydrazine groups is 1. The summed E-state index contributed by atoms with van der Waals surface area (Å²) >= 11 is 0. The SMILES string of the molecule is [C-]#[N+]c1cc(NC(=O)N2Cc3c(nn4c3C(=O)N(C)N(CCC)CC4)C[C@H]2C)ccc1F. The van der Waals surface area contributed by atoms with Gasteiger partial charge in [0.1, 0.15) is 11.5 Å². The molecular formula is C22H26FN7O2. The first-order valence-electron chi connectivity index (χ1n) is 10.7. The van der Waals surface area contributed by atoms with Gasteiger partial charge in [-0.05, 0) is 31.5 Å². The van der Waals surface area contributed by atoms with E-state index in [1.54, 1.807) is 21.6 Å². The lowest BCUT2D eigenvalue weighted by atomic mass is 9.99. The Bertz CT molecular complexity index is 1110. The van der Waals surface area contributed by atoms with Crippen LogP contribution in [0.4, 0.5) is 20.6 Å². The highest BCUT2D eigenvalue weighted by Crippen LogP contribution is 2.29. The van der Waals surface area contributed by atoms with Crippen LogP contribution < -0.4 is 5.32 Å². The maximum Gasteiger partial charge on any atom is 0.322 e. The molecule has 0 fully saturated rings. The van der Waals surface area contributed by atoms with Crippen molar-refractivity contribution >= 4 is 23.3 Å². The Hall–Kier alpha value is -3.45. The third-order valence-corrected chi connectivity index (χ3v) is 6.03. The number of urea groups is 1. The number of hydrogen-bond donors (Lipinski definition) is 1. The van der Waals surface area contributed by atoms with E-state index in [1.165, 1.54) is 12.1 Å². The molecule has 1 aromatic carbocycles. The van der Waals surface area contributed by atoms with Crippen molar-refractivity contribution in [2.75, 3.05) is 25.5 Å². The fourth-order valence-corrected chi connectivity index (χ4v) is 4.30. The number of aromatic nitrogens is 2. The standard InChI is InChI=1S/C22H26FN7O2/c1-5-8-28-9-10-30-20(21(31)27(28)4)16-13-29(14(2)11-18(16)26-30)22(32)25-15-6-7-17(23)19(12-15)24-3/h6-7,12,14H,5,8-11,13H2,1-2,4H3,(H,25,32)/t14-/m1/s1. The zero-order chi connectivity index (χ0) is 23.0. The fourth-order valence-electron chi connectivity index (χ4n) is 4.30. The van der Waals surface area contributed by atoms with Crippen molar-refractivity contribution in [2.45, 2.75) is 45.8 Å². The van der Waals surface area contributed by atoms with Crippen LogP contribution in [0.25, 0.3) is 4.85 Å². The molecule has 3 amide bonds. The van der Waals surface area contributed by atoms with Crippen LogP contribution in [0.3, 0.4) is 0 Å². The molecule has 0 unspecified atom stereocenters. The lowest BCUT2D eigenvalue weighted by molar-refractivity contribution is 0.00824. The van der Waals surface area contributed by atoms with Crippen molar-refractivity contribution in [2.24, 2.45) is 0 Å². The van der Waals surface area contributed by atoms with E-state index < -0.39 is 5.82 Å². The van der Waals surface area contributed by atoms with Crippen LogP contribution in [0.1, 0.15) is 42.0 Å². The zero-order valence-corrected chi connectivity index (χ0v) is 18.4. The highest BCUT2D eigenvalue weighted by molar-refractivity contribution is 5.95. The second-order valence-corrected chi connectivity index (χ2v) is 8.17. The first-order valence-corrected chi connectivity index (χ1v) is 10.7. The molecule has 1 atom stereocenters. The highest BCUT2D eigenvalue weighted by atomic mass is 19.1. The maximum absolute atomic E-state index is 13.6. The lowest BCUT2D eigenvalue weighted by Crippen LogP contribution is -2.46. The van der Waals surface area contributed by atoms with Crippen LogP contribution in [-0.4, -0.2) is 62.8 Å². The lowest BCUT2D eigenvalue weighted by Gasteiger charge is -2.34. The molecule has 32 heavy (non-hydrogen) atoms. The van der Waals surface area contributed by atoms with Crippen molar-refractivity contribution in [1.82, 2.24) is 24.7 Å². The van der Waals surface area contributed by atoms with Crippen molar-refractivity contribution in [1.29, 1.82) is 0 Å². The minimum absolute atomic E-state index is 0.125. The van der Waals surface area contributed by atoms with Crippen LogP contribution in [0.2, 0.25) is 0 Å². The van der Waals surface area contributed by atoms with Gasteiger partial charge in [0.2, 0.25) is 5.69 Å². The second kappa shape index (κ2) is 8.59. The third-order valence-electron chi connectivity index (χ3n) is 6.03. The smallest absolute Gasteiger partial charge is 0.317 e. The van der Waals surface area contributed by atoms with Gasteiger partial charge in [-0.1, -0.05) is 6.92 Å². The predicted molar refractivity (Wildman–Crippen MR) is 117 cm³/mol. The molecule has 0 radical (unpaired) electrons. The summed E-state index contributed by atoms with van der Waals surface area (Å²) in [7, 11) is 1.77. The first kappa shape index (κ1) is 21.8. The van der Waals surface area contributed by atoms with Gasteiger partial charge in [-0.25, -0.2) is 19.0 Å². The Kier molecular flexibility index (Phi) is 5.84. The van der Waals surface area contributed by atoms with E-state index in [0.717, 1.165) is 30.3 Å². The number of rotatable bonds is 3. The number of nitrogens with one attached hydrogen (secondary N) is 1. The van der Waals surface area contributed by atoms with Gasteiger partial charge in [-0.2, -0.15) is 5.10 Å². The molecule has 1 N–H and O–H groups in total. The van der Waals surface area contributed by atoms with Crippen molar-refractivity contribution in [3.63, 3.8) is 0 Å². The third kappa shape index (κ3) is 3.80. The van der Waals surface area contributed by atoms with Gasteiger partial charge >= 0.3 is 6.03 Å². The Balaban J connectivity index is 1.59. The number of hydrogen-bond acceptors (Lipinski definition) is 4. The molecule has 3 heterocycles. The highest BCUT2D eigenvalue weighted by Gasteiger charge is 2.37. The predicted octanol–water partition coefficient (Wildman–Crippen LogP) is 3.26. The zero-order valence-electron chi connectivity index (χ0n) is 18.4. The summed E-state index contributed by atoms with van der Waals surface area (Å²) in [4.78, 5) is 31.1. The van der Waals surface area contributed by atoms with Crippen molar-refractivity contribution in [3.8, 4) is 0 Å². The van der Waals surface area contributed by atoms with Crippen molar-refractivity contribution < 1.29 is 14.0 Å². The van der Waals surface area contributed by atoms with E-state index in [9.17, 15) is 14.0 Å². The number of carbonyl (C=O) groups excluding carboxylic acids is 2. The van der Waals surface area contributed by atoms with E-state index in [2.05, 4.69) is 17.1 Å². The second-order valence-electron chi connectivity index (χ2n) is 8.17.